The Hall–Kier alpha value is -2.21. The molecule has 1 aromatic rings. The largest absolute Gasteiger partial charge is 0.342 e. The third-order valence-electron chi connectivity index (χ3n) is 3.65. The topological polar surface area (TPSA) is 92.5 Å². The molecular formula is C16H21N3O3. The van der Waals surface area contributed by atoms with Crippen LogP contribution in [-0.4, -0.2) is 40.7 Å². The Labute approximate surface area is 129 Å². The van der Waals surface area contributed by atoms with Crippen LogP contribution >= 0.6 is 0 Å². The van der Waals surface area contributed by atoms with E-state index in [0.717, 1.165) is 5.56 Å². The zero-order valence-electron chi connectivity index (χ0n) is 12.8. The predicted molar refractivity (Wildman–Crippen MR) is 81.7 cm³/mol. The van der Waals surface area contributed by atoms with E-state index in [4.69, 9.17) is 5.73 Å². The minimum Gasteiger partial charge on any atom is -0.342 e. The average molecular weight is 303 g/mol. The quantitative estimate of drug-likeness (QED) is 0.761. The summed E-state index contributed by atoms with van der Waals surface area (Å²) in [5.74, 6) is -1.04. The van der Waals surface area contributed by atoms with Crippen LogP contribution in [-0.2, 0) is 20.8 Å². The summed E-state index contributed by atoms with van der Waals surface area (Å²) >= 11 is 0. The Kier molecular flexibility index (Phi) is 4.92. The van der Waals surface area contributed by atoms with Crippen LogP contribution in [0.1, 0.15) is 25.8 Å². The average Bonchev–Trinajstić information content (AvgIpc) is 2.74. The second kappa shape index (κ2) is 6.70. The minimum atomic E-state index is -0.802. The van der Waals surface area contributed by atoms with Crippen molar-refractivity contribution in [1.29, 1.82) is 0 Å². The van der Waals surface area contributed by atoms with Crippen molar-refractivity contribution in [2.45, 2.75) is 44.8 Å². The van der Waals surface area contributed by atoms with E-state index in [1.54, 1.807) is 13.8 Å². The van der Waals surface area contributed by atoms with E-state index in [2.05, 4.69) is 5.32 Å². The normalized spacial score (nSPS) is 19.6. The number of carbonyl (C=O) groups is 3. The summed E-state index contributed by atoms with van der Waals surface area (Å²) in [4.78, 5) is 37.2. The van der Waals surface area contributed by atoms with Gasteiger partial charge in [-0.3, -0.25) is 19.3 Å². The van der Waals surface area contributed by atoms with Crippen molar-refractivity contribution < 1.29 is 14.4 Å². The Morgan fingerprint density at radius 1 is 1.32 bits per heavy atom. The van der Waals surface area contributed by atoms with Gasteiger partial charge in [-0.05, 0) is 25.8 Å². The molecule has 0 aromatic heterocycles. The molecule has 0 bridgehead atoms. The first-order valence-electron chi connectivity index (χ1n) is 7.36. The predicted octanol–water partition coefficient (Wildman–Crippen LogP) is 0.209. The van der Waals surface area contributed by atoms with E-state index in [1.165, 1.54) is 4.90 Å². The number of nitrogens with one attached hydrogen (secondary N) is 1. The zero-order chi connectivity index (χ0) is 16.3. The first-order chi connectivity index (χ1) is 10.4. The van der Waals surface area contributed by atoms with Gasteiger partial charge in [0.05, 0.1) is 12.5 Å². The third kappa shape index (κ3) is 3.51. The lowest BCUT2D eigenvalue weighted by Crippen LogP contribution is -2.49. The molecule has 2 rings (SSSR count). The van der Waals surface area contributed by atoms with Gasteiger partial charge in [0.25, 0.3) is 5.91 Å². The van der Waals surface area contributed by atoms with Gasteiger partial charge in [0.15, 0.2) is 0 Å². The molecule has 1 heterocycles. The third-order valence-corrected chi connectivity index (χ3v) is 3.65. The van der Waals surface area contributed by atoms with Gasteiger partial charge in [-0.15, -0.1) is 0 Å². The maximum atomic E-state index is 12.1. The van der Waals surface area contributed by atoms with Crippen molar-refractivity contribution in [3.05, 3.63) is 35.9 Å². The van der Waals surface area contributed by atoms with Crippen LogP contribution in [0.3, 0.4) is 0 Å². The fourth-order valence-electron chi connectivity index (χ4n) is 2.55. The molecule has 3 amide bonds. The highest BCUT2D eigenvalue weighted by Crippen LogP contribution is 2.16. The van der Waals surface area contributed by atoms with Gasteiger partial charge in [0, 0.05) is 6.04 Å². The number of hydrogen-bond acceptors (Lipinski definition) is 4. The number of likely N-dealkylation sites (tertiary alicyclic amines) is 1. The second-order valence-corrected chi connectivity index (χ2v) is 5.76. The second-order valence-electron chi connectivity index (χ2n) is 5.76. The molecule has 0 spiro atoms. The highest BCUT2D eigenvalue weighted by molar-refractivity contribution is 6.07. The van der Waals surface area contributed by atoms with Gasteiger partial charge in [0.1, 0.15) is 6.04 Å². The minimum absolute atomic E-state index is 0.000804. The number of hydrogen-bond donors (Lipinski definition) is 2. The molecule has 1 aromatic carbocycles. The van der Waals surface area contributed by atoms with Crippen LogP contribution in [0.15, 0.2) is 30.3 Å². The number of rotatable bonds is 5. The maximum absolute atomic E-state index is 12.1. The molecule has 1 aliphatic rings. The number of nitrogens with zero attached hydrogens (tertiary/aromatic N) is 1. The Morgan fingerprint density at radius 2 is 1.95 bits per heavy atom. The first-order valence-corrected chi connectivity index (χ1v) is 7.36. The molecule has 1 aliphatic heterocycles. The van der Waals surface area contributed by atoms with Gasteiger partial charge >= 0.3 is 0 Å². The van der Waals surface area contributed by atoms with E-state index >= 15 is 0 Å². The fourth-order valence-corrected chi connectivity index (χ4v) is 2.55. The van der Waals surface area contributed by atoms with Gasteiger partial charge in [-0.1, -0.05) is 30.3 Å². The summed E-state index contributed by atoms with van der Waals surface area (Å²) in [5, 5.41) is 2.59. The maximum Gasteiger partial charge on any atom is 0.252 e. The van der Waals surface area contributed by atoms with Crippen molar-refractivity contribution in [2.75, 3.05) is 0 Å². The Morgan fingerprint density at radius 3 is 2.50 bits per heavy atom. The van der Waals surface area contributed by atoms with Gasteiger partial charge in [-0.2, -0.15) is 0 Å². The lowest BCUT2D eigenvalue weighted by Gasteiger charge is -2.20. The van der Waals surface area contributed by atoms with Gasteiger partial charge in [-0.25, -0.2) is 0 Å². The number of nitrogens with two attached hydrogens (primary N) is 1. The van der Waals surface area contributed by atoms with Crippen molar-refractivity contribution >= 4 is 17.7 Å². The van der Waals surface area contributed by atoms with Crippen LogP contribution < -0.4 is 11.1 Å². The Bertz CT molecular complexity index is 571. The lowest BCUT2D eigenvalue weighted by atomic mass is 10.1. The first kappa shape index (κ1) is 16.2. The highest BCUT2D eigenvalue weighted by Gasteiger charge is 2.41. The van der Waals surface area contributed by atoms with E-state index in [0.29, 0.717) is 6.42 Å². The molecule has 6 nitrogen and oxygen atoms in total. The number of benzene rings is 1. The summed E-state index contributed by atoms with van der Waals surface area (Å²) < 4.78 is 0. The molecule has 1 fully saturated rings. The summed E-state index contributed by atoms with van der Waals surface area (Å²) in [7, 11) is 0. The summed E-state index contributed by atoms with van der Waals surface area (Å²) in [6.45, 7) is 3.53. The Balaban J connectivity index is 1.95. The van der Waals surface area contributed by atoms with E-state index in [-0.39, 0.29) is 24.3 Å². The zero-order valence-corrected chi connectivity index (χ0v) is 12.8. The molecular weight excluding hydrogens is 282 g/mol. The number of carbonyl (C=O) groups excluding carboxylic acids is 3. The molecule has 2 atom stereocenters. The molecule has 118 valence electrons. The smallest absolute Gasteiger partial charge is 0.252 e. The van der Waals surface area contributed by atoms with Gasteiger partial charge < -0.3 is 11.1 Å². The van der Waals surface area contributed by atoms with Crippen molar-refractivity contribution in [1.82, 2.24) is 10.2 Å². The summed E-state index contributed by atoms with van der Waals surface area (Å²) in [6, 6.07) is 7.65. The van der Waals surface area contributed by atoms with Crippen LogP contribution in [0.5, 0.6) is 0 Å². The van der Waals surface area contributed by atoms with Crippen LogP contribution in [0.2, 0.25) is 0 Å². The monoisotopic (exact) mass is 303 g/mol. The number of imide groups is 1. The van der Waals surface area contributed by atoms with E-state index in [9.17, 15) is 14.4 Å². The van der Waals surface area contributed by atoms with Crippen molar-refractivity contribution in [3.8, 4) is 0 Å². The van der Waals surface area contributed by atoms with Crippen molar-refractivity contribution in [2.24, 2.45) is 5.73 Å². The van der Waals surface area contributed by atoms with E-state index < -0.39 is 18.0 Å². The molecule has 0 aliphatic carbocycles. The molecule has 0 saturated carbocycles. The standard InChI is InChI=1S/C16H21N3O3/c1-10(2)19-14(20)9-13(16(19)22)18-15(21)12(17)8-11-6-4-3-5-7-11/h3-7,10,12-13H,8-9,17H2,1-2H3,(H,18,21)/t12-,13?/m0/s1. The van der Waals surface area contributed by atoms with Crippen LogP contribution in [0.4, 0.5) is 0 Å². The number of amides is 3. The molecule has 0 radical (unpaired) electrons. The summed E-state index contributed by atoms with van der Waals surface area (Å²) in [6.07, 6.45) is 0.385. The van der Waals surface area contributed by atoms with Crippen molar-refractivity contribution in [3.63, 3.8) is 0 Å². The fraction of sp³-hybridized carbons (Fsp3) is 0.438. The molecule has 6 heteroatoms. The molecule has 22 heavy (non-hydrogen) atoms. The SMILES string of the molecule is CC(C)N1C(=O)CC(NC(=O)[C@@H](N)Cc2ccccc2)C1=O. The van der Waals surface area contributed by atoms with Crippen LogP contribution in [0.25, 0.3) is 0 Å². The van der Waals surface area contributed by atoms with Crippen LogP contribution in [0, 0.1) is 0 Å². The molecule has 3 N–H and O–H groups in total. The molecule has 1 unspecified atom stereocenters. The molecule has 1 saturated heterocycles. The van der Waals surface area contributed by atoms with E-state index in [1.807, 2.05) is 30.3 Å². The lowest BCUT2D eigenvalue weighted by molar-refractivity contribution is -0.141. The summed E-state index contributed by atoms with van der Waals surface area (Å²) in [5.41, 5.74) is 6.83. The van der Waals surface area contributed by atoms with Gasteiger partial charge in [0.2, 0.25) is 11.8 Å². The highest BCUT2D eigenvalue weighted by atomic mass is 16.2.